The average molecular weight is 373 g/mol. The summed E-state index contributed by atoms with van der Waals surface area (Å²) in [5.74, 6) is 0.0407. The van der Waals surface area contributed by atoms with Crippen molar-refractivity contribution in [3.05, 3.63) is 84.4 Å². The van der Waals surface area contributed by atoms with E-state index in [1.807, 2.05) is 78.1 Å². The molecular weight excluding hydrogens is 350 g/mol. The van der Waals surface area contributed by atoms with Gasteiger partial charge in [0.25, 0.3) is 0 Å². The molecule has 2 aromatic carbocycles. The number of hydrogen-bond donors (Lipinski definition) is 0. The van der Waals surface area contributed by atoms with Crippen LogP contribution in [0.15, 0.2) is 73.3 Å². The summed E-state index contributed by atoms with van der Waals surface area (Å²) in [4.78, 5) is 19.1. The lowest BCUT2D eigenvalue weighted by atomic mass is 10.2. The van der Waals surface area contributed by atoms with Crippen LogP contribution < -0.4 is 0 Å². The van der Waals surface area contributed by atoms with Crippen molar-refractivity contribution in [1.82, 2.24) is 24.2 Å². The van der Waals surface area contributed by atoms with Crippen molar-refractivity contribution in [2.75, 3.05) is 7.05 Å². The van der Waals surface area contributed by atoms with Gasteiger partial charge < -0.3 is 9.47 Å². The molecule has 1 amide bonds. The van der Waals surface area contributed by atoms with Crippen LogP contribution in [0.25, 0.3) is 11.0 Å². The van der Waals surface area contributed by atoms with Gasteiger partial charge in [-0.15, -0.1) is 0 Å². The zero-order valence-corrected chi connectivity index (χ0v) is 16.1. The molecule has 0 aliphatic heterocycles. The molecule has 0 radical (unpaired) electrons. The van der Waals surface area contributed by atoms with Gasteiger partial charge in [-0.05, 0) is 24.6 Å². The molecule has 0 spiro atoms. The third kappa shape index (κ3) is 3.67. The van der Waals surface area contributed by atoms with Gasteiger partial charge in [0.15, 0.2) is 0 Å². The second-order valence-electron chi connectivity index (χ2n) is 7.04. The molecule has 0 saturated heterocycles. The Hall–Kier alpha value is -3.41. The summed E-state index contributed by atoms with van der Waals surface area (Å²) in [6, 6.07) is 17.7. The molecule has 0 saturated carbocycles. The van der Waals surface area contributed by atoms with Gasteiger partial charge in [-0.2, -0.15) is 5.10 Å². The van der Waals surface area contributed by atoms with Crippen molar-refractivity contribution >= 4 is 16.9 Å². The normalized spacial score (nSPS) is 12.2. The van der Waals surface area contributed by atoms with Gasteiger partial charge in [0.05, 0.1) is 30.1 Å². The Bertz CT molecular complexity index is 1080. The predicted octanol–water partition coefficient (Wildman–Crippen LogP) is 3.50. The van der Waals surface area contributed by atoms with Crippen LogP contribution in [0, 0.1) is 0 Å². The van der Waals surface area contributed by atoms with Gasteiger partial charge in [0.1, 0.15) is 6.04 Å². The van der Waals surface area contributed by atoms with E-state index in [4.69, 9.17) is 0 Å². The Morgan fingerprint density at radius 1 is 1.07 bits per heavy atom. The molecule has 0 N–H and O–H groups in total. The molecule has 4 aromatic rings. The van der Waals surface area contributed by atoms with E-state index < -0.39 is 0 Å². The highest BCUT2D eigenvalue weighted by Gasteiger charge is 2.21. The van der Waals surface area contributed by atoms with E-state index >= 15 is 0 Å². The molecule has 0 fully saturated rings. The molecule has 2 heterocycles. The van der Waals surface area contributed by atoms with Gasteiger partial charge in [-0.25, -0.2) is 4.98 Å². The van der Waals surface area contributed by atoms with Gasteiger partial charge in [-0.1, -0.05) is 42.5 Å². The Balaban J connectivity index is 1.43. The number of likely N-dealkylation sites (N-methyl/N-ethyl adjacent to an activating group) is 1. The lowest BCUT2D eigenvalue weighted by Gasteiger charge is -2.22. The first kappa shape index (κ1) is 18.0. The number of imidazole rings is 1. The van der Waals surface area contributed by atoms with E-state index in [1.54, 1.807) is 11.2 Å². The number of carbonyl (C=O) groups is 1. The number of aromatic nitrogens is 4. The lowest BCUT2D eigenvalue weighted by Crippen LogP contribution is -2.32. The van der Waals surface area contributed by atoms with E-state index in [0.717, 1.165) is 23.1 Å². The number of carbonyl (C=O) groups excluding carboxylic acids is 1. The van der Waals surface area contributed by atoms with Crippen molar-refractivity contribution in [3.8, 4) is 0 Å². The average Bonchev–Trinajstić information content (AvgIpc) is 3.34. The Labute approximate surface area is 164 Å². The summed E-state index contributed by atoms with van der Waals surface area (Å²) in [6.07, 6.45) is 5.55. The van der Waals surface area contributed by atoms with Crippen LogP contribution in [0.3, 0.4) is 0 Å². The van der Waals surface area contributed by atoms with Crippen molar-refractivity contribution in [2.24, 2.45) is 0 Å². The molecular formula is C22H23N5O. The topological polar surface area (TPSA) is 56.0 Å². The third-order valence-electron chi connectivity index (χ3n) is 4.93. The van der Waals surface area contributed by atoms with Crippen molar-refractivity contribution in [3.63, 3.8) is 0 Å². The van der Waals surface area contributed by atoms with Crippen molar-refractivity contribution in [1.29, 1.82) is 0 Å². The monoisotopic (exact) mass is 373 g/mol. The highest BCUT2D eigenvalue weighted by atomic mass is 16.2. The van der Waals surface area contributed by atoms with Crippen LogP contribution in [0.2, 0.25) is 0 Å². The van der Waals surface area contributed by atoms with Crippen LogP contribution in [-0.4, -0.2) is 37.2 Å². The first-order chi connectivity index (χ1) is 13.6. The first-order valence-corrected chi connectivity index (χ1v) is 9.33. The Morgan fingerprint density at radius 2 is 1.82 bits per heavy atom. The minimum Gasteiger partial charge on any atom is -0.340 e. The maximum Gasteiger partial charge on any atom is 0.245 e. The number of amides is 1. The van der Waals surface area contributed by atoms with Crippen LogP contribution >= 0.6 is 0 Å². The van der Waals surface area contributed by atoms with Gasteiger partial charge in [-0.3, -0.25) is 9.48 Å². The second-order valence-corrected chi connectivity index (χ2v) is 7.04. The molecule has 142 valence electrons. The molecule has 6 heteroatoms. The minimum atomic E-state index is -0.322. The molecule has 4 rings (SSSR count). The molecule has 1 atom stereocenters. The SMILES string of the molecule is CC(C(=O)N(C)Cc1cnn(Cc2ccccc2)c1)n1cnc2ccccc21. The van der Waals surface area contributed by atoms with Gasteiger partial charge >= 0.3 is 0 Å². The summed E-state index contributed by atoms with van der Waals surface area (Å²) in [7, 11) is 1.83. The fraction of sp³-hybridized carbons (Fsp3) is 0.227. The van der Waals surface area contributed by atoms with Crippen LogP contribution in [0.1, 0.15) is 24.1 Å². The van der Waals surface area contributed by atoms with E-state index in [2.05, 4.69) is 22.2 Å². The fourth-order valence-corrected chi connectivity index (χ4v) is 3.42. The van der Waals surface area contributed by atoms with Gasteiger partial charge in [0.2, 0.25) is 5.91 Å². The van der Waals surface area contributed by atoms with Crippen LogP contribution in [-0.2, 0) is 17.9 Å². The minimum absolute atomic E-state index is 0.0407. The maximum atomic E-state index is 12.9. The van der Waals surface area contributed by atoms with E-state index in [-0.39, 0.29) is 11.9 Å². The second kappa shape index (κ2) is 7.68. The quantitative estimate of drug-likeness (QED) is 0.520. The molecule has 28 heavy (non-hydrogen) atoms. The highest BCUT2D eigenvalue weighted by molar-refractivity contribution is 5.83. The third-order valence-corrected chi connectivity index (χ3v) is 4.93. The molecule has 6 nitrogen and oxygen atoms in total. The van der Waals surface area contributed by atoms with Crippen LogP contribution in [0.4, 0.5) is 0 Å². The number of benzene rings is 2. The molecule has 1 unspecified atom stereocenters. The van der Waals surface area contributed by atoms with Crippen molar-refractivity contribution < 1.29 is 4.79 Å². The predicted molar refractivity (Wildman–Crippen MR) is 109 cm³/mol. The summed E-state index contributed by atoms with van der Waals surface area (Å²) < 4.78 is 3.82. The number of nitrogens with zero attached hydrogens (tertiary/aromatic N) is 5. The number of hydrogen-bond acceptors (Lipinski definition) is 3. The van der Waals surface area contributed by atoms with E-state index in [9.17, 15) is 4.79 Å². The molecule has 0 bridgehead atoms. The van der Waals surface area contributed by atoms with Gasteiger partial charge in [0, 0.05) is 25.4 Å². The summed E-state index contributed by atoms with van der Waals surface area (Å²) >= 11 is 0. The molecule has 0 aliphatic carbocycles. The largest absolute Gasteiger partial charge is 0.340 e. The summed E-state index contributed by atoms with van der Waals surface area (Å²) in [6.45, 7) is 3.15. The summed E-state index contributed by atoms with van der Waals surface area (Å²) in [5, 5.41) is 4.42. The first-order valence-electron chi connectivity index (χ1n) is 9.33. The standard InChI is InChI=1S/C22H23N5O/c1-17(27-16-23-20-10-6-7-11-21(20)27)22(28)25(2)13-19-12-24-26(15-19)14-18-8-4-3-5-9-18/h3-12,15-17H,13-14H2,1-2H3. The Kier molecular flexibility index (Phi) is 4.93. The number of para-hydroxylation sites is 2. The smallest absolute Gasteiger partial charge is 0.245 e. The number of rotatable bonds is 6. The number of fused-ring (bicyclic) bond motifs is 1. The highest BCUT2D eigenvalue weighted by Crippen LogP contribution is 2.19. The van der Waals surface area contributed by atoms with E-state index in [0.29, 0.717) is 6.54 Å². The molecule has 2 aromatic heterocycles. The van der Waals surface area contributed by atoms with E-state index in [1.165, 1.54) is 5.56 Å². The summed E-state index contributed by atoms with van der Waals surface area (Å²) in [5.41, 5.74) is 4.07. The van der Waals surface area contributed by atoms with Crippen LogP contribution in [0.5, 0.6) is 0 Å². The lowest BCUT2D eigenvalue weighted by molar-refractivity contribution is -0.133. The zero-order valence-electron chi connectivity index (χ0n) is 16.1. The zero-order chi connectivity index (χ0) is 19.5. The molecule has 0 aliphatic rings. The Morgan fingerprint density at radius 3 is 2.64 bits per heavy atom. The maximum absolute atomic E-state index is 12.9. The van der Waals surface area contributed by atoms with Crippen molar-refractivity contribution in [2.45, 2.75) is 26.1 Å². The fourth-order valence-electron chi connectivity index (χ4n) is 3.42.